The highest BCUT2D eigenvalue weighted by atomic mass is 79.9. The van der Waals surface area contributed by atoms with E-state index in [1.54, 1.807) is 0 Å². The number of hydrogen-bond acceptors (Lipinski definition) is 0. The lowest BCUT2D eigenvalue weighted by Crippen LogP contribution is -1.96. The molecule has 0 bridgehead atoms. The largest absolute Gasteiger partial charge is 0.326 e. The Bertz CT molecular complexity index is 919. The molecule has 2 heterocycles. The number of benzene rings is 2. The quantitative estimate of drug-likeness (QED) is 0.421. The van der Waals surface area contributed by atoms with Crippen molar-refractivity contribution in [1.82, 2.24) is 8.97 Å². The second-order valence-electron chi connectivity index (χ2n) is 5.82. The van der Waals surface area contributed by atoms with E-state index in [4.69, 9.17) is 0 Å². The van der Waals surface area contributed by atoms with Crippen LogP contribution < -0.4 is 0 Å². The van der Waals surface area contributed by atoms with Crippen molar-refractivity contribution in [3.63, 3.8) is 0 Å². The summed E-state index contributed by atoms with van der Waals surface area (Å²) in [6.45, 7) is 3.32. The highest BCUT2D eigenvalue weighted by Gasteiger charge is 2.12. The van der Waals surface area contributed by atoms with Gasteiger partial charge >= 0.3 is 0 Å². The van der Waals surface area contributed by atoms with Crippen LogP contribution in [0.25, 0.3) is 27.8 Å². The molecular formula is C20H21BrN2. The first kappa shape index (κ1) is 15.9. The Morgan fingerprint density at radius 1 is 0.826 bits per heavy atom. The molecule has 3 heteroatoms. The third-order valence-corrected chi connectivity index (χ3v) is 4.35. The lowest BCUT2D eigenvalue weighted by molar-refractivity contribution is 0.661. The number of unbranched alkanes of at least 4 members (excludes halogenated alkanes) is 1. The van der Waals surface area contributed by atoms with E-state index in [1.165, 1.54) is 40.6 Å². The molecular weight excluding hydrogens is 348 g/mol. The number of imidazole rings is 1. The van der Waals surface area contributed by atoms with Gasteiger partial charge in [0.25, 0.3) is 0 Å². The van der Waals surface area contributed by atoms with Crippen molar-refractivity contribution in [3.05, 3.63) is 66.9 Å². The molecule has 2 nitrogen and oxygen atoms in total. The number of fused-ring (bicyclic) bond motifs is 3. The van der Waals surface area contributed by atoms with Crippen molar-refractivity contribution in [2.24, 2.45) is 0 Å². The Hall–Kier alpha value is -2.00. The summed E-state index contributed by atoms with van der Waals surface area (Å²) in [5.41, 5.74) is 6.46. The summed E-state index contributed by atoms with van der Waals surface area (Å²) in [5, 5.41) is 0. The van der Waals surface area contributed by atoms with Gasteiger partial charge in [0.1, 0.15) is 5.65 Å². The first-order chi connectivity index (χ1) is 10.9. The second-order valence-corrected chi connectivity index (χ2v) is 5.82. The molecule has 0 spiro atoms. The molecule has 0 saturated carbocycles. The first-order valence-electron chi connectivity index (χ1n) is 8.03. The number of rotatable bonds is 4. The fourth-order valence-corrected chi connectivity index (χ4v) is 3.21. The van der Waals surface area contributed by atoms with E-state index in [-0.39, 0.29) is 17.0 Å². The zero-order valence-electron chi connectivity index (χ0n) is 13.3. The van der Waals surface area contributed by atoms with Crippen molar-refractivity contribution in [2.45, 2.75) is 26.3 Å². The van der Waals surface area contributed by atoms with Crippen LogP contribution in [0.1, 0.15) is 19.8 Å². The van der Waals surface area contributed by atoms with E-state index in [9.17, 15) is 0 Å². The minimum absolute atomic E-state index is 0. The molecule has 0 atom stereocenters. The predicted octanol–water partition coefficient (Wildman–Crippen LogP) is 5.94. The third kappa shape index (κ3) is 2.70. The summed E-state index contributed by atoms with van der Waals surface area (Å²) >= 11 is 0. The van der Waals surface area contributed by atoms with Crippen LogP contribution in [0.4, 0.5) is 0 Å². The van der Waals surface area contributed by atoms with Crippen LogP contribution in [0.2, 0.25) is 0 Å². The van der Waals surface area contributed by atoms with Gasteiger partial charge in [-0.2, -0.15) is 0 Å². The Kier molecular flexibility index (Phi) is 4.58. The van der Waals surface area contributed by atoms with Gasteiger partial charge in [0.15, 0.2) is 0 Å². The van der Waals surface area contributed by atoms with E-state index in [2.05, 4.69) is 82.8 Å². The number of aromatic nitrogens is 2. The van der Waals surface area contributed by atoms with Crippen molar-refractivity contribution < 1.29 is 0 Å². The van der Waals surface area contributed by atoms with Gasteiger partial charge in [-0.1, -0.05) is 55.8 Å². The lowest BCUT2D eigenvalue weighted by Gasteiger charge is -2.04. The maximum atomic E-state index is 2.45. The van der Waals surface area contributed by atoms with Crippen LogP contribution in [-0.2, 0) is 6.54 Å². The maximum absolute atomic E-state index is 2.45. The highest BCUT2D eigenvalue weighted by molar-refractivity contribution is 8.93. The van der Waals surface area contributed by atoms with Crippen molar-refractivity contribution >= 4 is 33.7 Å². The zero-order chi connectivity index (χ0) is 14.9. The van der Waals surface area contributed by atoms with E-state index in [0.717, 1.165) is 6.54 Å². The molecule has 4 rings (SSSR count). The third-order valence-electron chi connectivity index (χ3n) is 4.35. The minimum Gasteiger partial charge on any atom is -0.326 e. The number of halogens is 1. The minimum atomic E-state index is 0. The van der Waals surface area contributed by atoms with E-state index < -0.39 is 0 Å². The normalized spacial score (nSPS) is 11.0. The summed E-state index contributed by atoms with van der Waals surface area (Å²) in [7, 11) is 0. The monoisotopic (exact) mass is 368 g/mol. The van der Waals surface area contributed by atoms with Crippen molar-refractivity contribution in [2.75, 3.05) is 0 Å². The van der Waals surface area contributed by atoms with Gasteiger partial charge in [-0.3, -0.25) is 0 Å². The van der Waals surface area contributed by atoms with Gasteiger partial charge in [-0.25, -0.2) is 0 Å². The molecule has 0 amide bonds. The molecule has 0 aliphatic rings. The topological polar surface area (TPSA) is 9.34 Å². The number of nitrogens with zero attached hydrogens (tertiary/aromatic N) is 2. The molecule has 0 unspecified atom stereocenters. The Morgan fingerprint density at radius 2 is 1.52 bits per heavy atom. The van der Waals surface area contributed by atoms with Crippen LogP contribution in [0.3, 0.4) is 0 Å². The fraction of sp³-hybridized carbons (Fsp3) is 0.200. The molecule has 118 valence electrons. The van der Waals surface area contributed by atoms with Gasteiger partial charge in [-0.15, -0.1) is 17.0 Å². The predicted molar refractivity (Wildman–Crippen MR) is 104 cm³/mol. The van der Waals surface area contributed by atoms with E-state index in [1.807, 2.05) is 0 Å². The Morgan fingerprint density at radius 3 is 2.26 bits per heavy atom. The van der Waals surface area contributed by atoms with Crippen molar-refractivity contribution in [1.29, 1.82) is 0 Å². The number of hydrogen-bond donors (Lipinski definition) is 0. The standard InChI is InChI=1S/C20H20N2.BrH/c1-2-3-13-21-18-11-7-8-12-19(18)22-15-17(14-20(21)22)16-9-5-4-6-10-16;/h4-12,14-15H,2-3,13H2,1H3;1H. The lowest BCUT2D eigenvalue weighted by atomic mass is 10.1. The summed E-state index contributed by atoms with van der Waals surface area (Å²) in [5.74, 6) is 0. The Balaban J connectivity index is 0.00000156. The molecule has 2 aromatic carbocycles. The van der Waals surface area contributed by atoms with Crippen LogP contribution in [0, 0.1) is 0 Å². The van der Waals surface area contributed by atoms with Gasteiger partial charge in [0, 0.05) is 18.3 Å². The molecule has 4 aromatic rings. The molecule has 0 radical (unpaired) electrons. The molecule has 0 aliphatic carbocycles. The fourth-order valence-electron chi connectivity index (χ4n) is 3.21. The molecule has 23 heavy (non-hydrogen) atoms. The molecule has 0 saturated heterocycles. The van der Waals surface area contributed by atoms with Crippen molar-refractivity contribution in [3.8, 4) is 11.1 Å². The van der Waals surface area contributed by atoms with Gasteiger partial charge in [-0.05, 0) is 30.2 Å². The number of para-hydroxylation sites is 2. The summed E-state index contributed by atoms with van der Waals surface area (Å²) in [6.07, 6.45) is 4.68. The first-order valence-corrected chi connectivity index (χ1v) is 8.03. The summed E-state index contributed by atoms with van der Waals surface area (Å²) in [4.78, 5) is 0. The van der Waals surface area contributed by atoms with Crippen LogP contribution >= 0.6 is 17.0 Å². The number of aryl methyl sites for hydroxylation is 1. The second kappa shape index (κ2) is 6.63. The summed E-state index contributed by atoms with van der Waals surface area (Å²) in [6, 6.07) is 21.6. The highest BCUT2D eigenvalue weighted by Crippen LogP contribution is 2.28. The SMILES string of the molecule is Br.CCCCn1c2ccccc2n2cc(-c3ccccc3)cc12. The van der Waals surface area contributed by atoms with Gasteiger partial charge in [0.2, 0.25) is 0 Å². The zero-order valence-corrected chi connectivity index (χ0v) is 15.0. The van der Waals surface area contributed by atoms with Crippen LogP contribution in [0.5, 0.6) is 0 Å². The molecule has 0 aliphatic heterocycles. The van der Waals surface area contributed by atoms with Crippen LogP contribution in [0.15, 0.2) is 66.9 Å². The van der Waals surface area contributed by atoms with Gasteiger partial charge in [0.05, 0.1) is 11.0 Å². The average Bonchev–Trinajstić information content (AvgIpc) is 3.12. The average molecular weight is 369 g/mol. The molecule has 0 N–H and O–H groups in total. The smallest absolute Gasteiger partial charge is 0.118 e. The summed E-state index contributed by atoms with van der Waals surface area (Å²) < 4.78 is 4.78. The van der Waals surface area contributed by atoms with E-state index in [0.29, 0.717) is 0 Å². The maximum Gasteiger partial charge on any atom is 0.118 e. The molecule has 2 aromatic heterocycles. The van der Waals surface area contributed by atoms with E-state index >= 15 is 0 Å². The Labute approximate surface area is 147 Å². The van der Waals surface area contributed by atoms with Crippen LogP contribution in [-0.4, -0.2) is 8.97 Å². The van der Waals surface area contributed by atoms with Gasteiger partial charge < -0.3 is 8.97 Å². The molecule has 0 fully saturated rings.